The number of benzene rings is 3. The number of nitrogens with one attached hydrogen (secondary N) is 3. The molecule has 4 aromatic rings. The smallest absolute Gasteiger partial charge is 0.320 e. The Bertz CT molecular complexity index is 1450. The van der Waals surface area contributed by atoms with E-state index in [2.05, 4.69) is 32.0 Å². The third-order valence-electron chi connectivity index (χ3n) is 5.39. The molecule has 3 amide bonds. The molecule has 0 aliphatic heterocycles. The maximum atomic E-state index is 13.9. The minimum atomic E-state index is -1.08. The summed E-state index contributed by atoms with van der Waals surface area (Å²) >= 11 is 3.40. The zero-order valence-corrected chi connectivity index (χ0v) is 19.9. The van der Waals surface area contributed by atoms with Crippen molar-refractivity contribution in [3.63, 3.8) is 0 Å². The maximum Gasteiger partial charge on any atom is 0.328 e. The van der Waals surface area contributed by atoms with Gasteiger partial charge in [-0.05, 0) is 67.4 Å². The third kappa shape index (κ3) is 4.69. The molecule has 0 bridgehead atoms. The van der Waals surface area contributed by atoms with Crippen LogP contribution in [-0.4, -0.2) is 22.4 Å². The minimum absolute atomic E-state index is 0.112. The molecule has 0 aliphatic rings. The summed E-state index contributed by atoms with van der Waals surface area (Å²) in [7, 11) is 0. The average Bonchev–Trinajstić information content (AvgIpc) is 3.15. The fourth-order valence-corrected chi connectivity index (χ4v) is 3.82. The molecule has 9 heteroatoms. The summed E-state index contributed by atoms with van der Waals surface area (Å²) in [6.07, 6.45) is 0. The van der Waals surface area contributed by atoms with Gasteiger partial charge in [-0.15, -0.1) is 0 Å². The van der Waals surface area contributed by atoms with Gasteiger partial charge in [0.25, 0.3) is 5.91 Å². The molecule has 172 valence electrons. The summed E-state index contributed by atoms with van der Waals surface area (Å²) in [5.74, 6) is -3.29. The van der Waals surface area contributed by atoms with E-state index >= 15 is 0 Å². The minimum Gasteiger partial charge on any atom is -0.320 e. The summed E-state index contributed by atoms with van der Waals surface area (Å²) < 4.78 is 15.9. The first-order valence-electron chi connectivity index (χ1n) is 10.3. The molecule has 0 radical (unpaired) electrons. The van der Waals surface area contributed by atoms with Crippen molar-refractivity contribution in [1.82, 2.24) is 4.68 Å². The number of hydrogen-bond acceptors (Lipinski definition) is 3. The number of nitrogens with zero attached hydrogens (tertiary/aromatic N) is 1. The van der Waals surface area contributed by atoms with Crippen LogP contribution in [0.15, 0.2) is 71.2 Å². The maximum absolute atomic E-state index is 13.9. The molecule has 0 saturated carbocycles. The van der Waals surface area contributed by atoms with Crippen molar-refractivity contribution in [1.29, 1.82) is 0 Å². The van der Waals surface area contributed by atoms with E-state index in [9.17, 15) is 18.8 Å². The number of anilines is 2. The van der Waals surface area contributed by atoms with Crippen LogP contribution in [0.5, 0.6) is 0 Å². The van der Waals surface area contributed by atoms with Gasteiger partial charge in [0, 0.05) is 15.5 Å². The van der Waals surface area contributed by atoms with Crippen LogP contribution in [0.25, 0.3) is 10.9 Å². The van der Waals surface area contributed by atoms with Gasteiger partial charge in [0.1, 0.15) is 11.5 Å². The molecule has 1 aromatic heterocycles. The molecule has 4 rings (SSSR count). The van der Waals surface area contributed by atoms with E-state index in [4.69, 9.17) is 0 Å². The lowest BCUT2D eigenvalue weighted by molar-refractivity contribution is -0.133. The van der Waals surface area contributed by atoms with Gasteiger partial charge in [-0.1, -0.05) is 40.2 Å². The standard InChI is InChI=1S/C25H20BrFN4O3/c1-14-6-5-9-19(15(14)2)28-23(32)22-13-16-12-17(26)10-11-21(16)31(22)30-25(34)24(33)29-20-8-4-3-7-18(20)27/h3-13H,1-2H3,(H,28,32)(H,29,33)(H,30,34). The largest absolute Gasteiger partial charge is 0.328 e. The second-order valence-corrected chi connectivity index (χ2v) is 8.56. The first kappa shape index (κ1) is 23.2. The van der Waals surface area contributed by atoms with Crippen LogP contribution in [-0.2, 0) is 9.59 Å². The summed E-state index contributed by atoms with van der Waals surface area (Å²) in [5, 5.41) is 5.76. The second kappa shape index (κ2) is 9.48. The van der Waals surface area contributed by atoms with Crippen LogP contribution in [0.4, 0.5) is 15.8 Å². The first-order chi connectivity index (χ1) is 16.2. The van der Waals surface area contributed by atoms with Crippen molar-refractivity contribution >= 4 is 55.9 Å². The number of aromatic nitrogens is 1. The highest BCUT2D eigenvalue weighted by Crippen LogP contribution is 2.25. The quantitative estimate of drug-likeness (QED) is 0.325. The van der Waals surface area contributed by atoms with Crippen LogP contribution in [0.1, 0.15) is 21.6 Å². The predicted molar refractivity (Wildman–Crippen MR) is 133 cm³/mol. The van der Waals surface area contributed by atoms with Crippen LogP contribution < -0.4 is 16.1 Å². The Morgan fingerprint density at radius 2 is 1.59 bits per heavy atom. The van der Waals surface area contributed by atoms with Crippen LogP contribution in [0, 0.1) is 19.7 Å². The molecule has 0 atom stereocenters. The van der Waals surface area contributed by atoms with Gasteiger partial charge in [-0.2, -0.15) is 0 Å². The number of rotatable bonds is 4. The van der Waals surface area contributed by atoms with Crippen molar-refractivity contribution in [3.8, 4) is 0 Å². The number of carbonyl (C=O) groups is 3. The van der Waals surface area contributed by atoms with Crippen molar-refractivity contribution in [3.05, 3.63) is 93.8 Å². The van der Waals surface area contributed by atoms with E-state index in [1.165, 1.54) is 28.9 Å². The Balaban J connectivity index is 1.66. The lowest BCUT2D eigenvalue weighted by atomic mass is 10.1. The fourth-order valence-electron chi connectivity index (χ4n) is 3.44. The van der Waals surface area contributed by atoms with E-state index in [0.717, 1.165) is 15.6 Å². The molecule has 34 heavy (non-hydrogen) atoms. The summed E-state index contributed by atoms with van der Waals surface area (Å²) in [4.78, 5) is 38.3. The fraction of sp³-hybridized carbons (Fsp3) is 0.0800. The lowest BCUT2D eigenvalue weighted by Gasteiger charge is -2.14. The van der Waals surface area contributed by atoms with E-state index in [-0.39, 0.29) is 11.4 Å². The zero-order chi connectivity index (χ0) is 24.4. The molecule has 3 aromatic carbocycles. The number of fused-ring (bicyclic) bond motifs is 1. The summed E-state index contributed by atoms with van der Waals surface area (Å²) in [5.41, 5.74) is 5.49. The molecule has 1 heterocycles. The lowest BCUT2D eigenvalue weighted by Crippen LogP contribution is -2.36. The number of halogens is 2. The van der Waals surface area contributed by atoms with Crippen molar-refractivity contribution in [2.75, 3.05) is 16.1 Å². The zero-order valence-electron chi connectivity index (χ0n) is 18.3. The highest BCUT2D eigenvalue weighted by Gasteiger charge is 2.22. The Morgan fingerprint density at radius 1 is 0.853 bits per heavy atom. The number of aryl methyl sites for hydroxylation is 1. The molecular formula is C25H20BrFN4O3. The van der Waals surface area contributed by atoms with Gasteiger partial charge in [0.05, 0.1) is 11.2 Å². The van der Waals surface area contributed by atoms with Crippen molar-refractivity contribution in [2.24, 2.45) is 0 Å². The van der Waals surface area contributed by atoms with E-state index < -0.39 is 23.5 Å². The summed E-state index contributed by atoms with van der Waals surface area (Å²) in [6.45, 7) is 3.83. The van der Waals surface area contributed by atoms with Crippen LogP contribution in [0.3, 0.4) is 0 Å². The molecule has 0 unspecified atom stereocenters. The number of carbonyl (C=O) groups excluding carboxylic acids is 3. The average molecular weight is 523 g/mol. The van der Waals surface area contributed by atoms with E-state index in [1.54, 1.807) is 30.3 Å². The molecule has 3 N–H and O–H groups in total. The Hall–Kier alpha value is -3.98. The van der Waals surface area contributed by atoms with Crippen molar-refractivity contribution < 1.29 is 18.8 Å². The Morgan fingerprint density at radius 3 is 2.35 bits per heavy atom. The highest BCUT2D eigenvalue weighted by atomic mass is 79.9. The monoisotopic (exact) mass is 522 g/mol. The predicted octanol–water partition coefficient (Wildman–Crippen LogP) is 5.12. The van der Waals surface area contributed by atoms with E-state index in [1.807, 2.05) is 26.0 Å². The second-order valence-electron chi connectivity index (χ2n) is 7.64. The van der Waals surface area contributed by atoms with Gasteiger partial charge in [-0.3, -0.25) is 19.8 Å². The highest BCUT2D eigenvalue weighted by molar-refractivity contribution is 9.10. The Labute approximate surface area is 203 Å². The summed E-state index contributed by atoms with van der Waals surface area (Å²) in [6, 6.07) is 17.9. The number of hydrogen-bond donors (Lipinski definition) is 3. The first-order valence-corrected chi connectivity index (χ1v) is 11.1. The molecule has 0 spiro atoms. The SMILES string of the molecule is Cc1cccc(NC(=O)c2cc3cc(Br)ccc3n2NC(=O)C(=O)Nc2ccccc2F)c1C. The van der Waals surface area contributed by atoms with E-state index in [0.29, 0.717) is 16.6 Å². The van der Waals surface area contributed by atoms with Gasteiger partial charge in [0.15, 0.2) is 0 Å². The third-order valence-corrected chi connectivity index (χ3v) is 5.88. The van der Waals surface area contributed by atoms with Crippen LogP contribution in [0.2, 0.25) is 0 Å². The molecule has 0 aliphatic carbocycles. The van der Waals surface area contributed by atoms with Crippen LogP contribution >= 0.6 is 15.9 Å². The normalized spacial score (nSPS) is 10.7. The van der Waals surface area contributed by atoms with Gasteiger partial charge < -0.3 is 10.6 Å². The topological polar surface area (TPSA) is 92.2 Å². The van der Waals surface area contributed by atoms with Gasteiger partial charge in [0.2, 0.25) is 0 Å². The molecule has 7 nitrogen and oxygen atoms in total. The molecule has 0 saturated heterocycles. The molecule has 0 fully saturated rings. The number of para-hydroxylation sites is 1. The number of amides is 3. The van der Waals surface area contributed by atoms with Gasteiger partial charge in [-0.25, -0.2) is 9.07 Å². The van der Waals surface area contributed by atoms with Crippen molar-refractivity contribution in [2.45, 2.75) is 13.8 Å². The Kier molecular flexibility index (Phi) is 6.47. The van der Waals surface area contributed by atoms with Gasteiger partial charge >= 0.3 is 11.8 Å². The molecular weight excluding hydrogens is 503 g/mol.